The minimum atomic E-state index is -0.0593. The van der Waals surface area contributed by atoms with E-state index in [9.17, 15) is 4.79 Å². The topological polar surface area (TPSA) is 83.0 Å². The summed E-state index contributed by atoms with van der Waals surface area (Å²) in [7, 11) is 1.62. The van der Waals surface area contributed by atoms with Gasteiger partial charge in [-0.3, -0.25) is 9.36 Å². The van der Waals surface area contributed by atoms with E-state index >= 15 is 0 Å². The van der Waals surface area contributed by atoms with Crippen LogP contribution < -0.4 is 10.3 Å². The highest BCUT2D eigenvalue weighted by molar-refractivity contribution is 7.98. The largest absolute Gasteiger partial charge is 0.497 e. The predicted octanol–water partition coefficient (Wildman–Crippen LogP) is 4.86. The molecule has 0 aliphatic heterocycles. The monoisotopic (exact) mass is 462 g/mol. The molecule has 2 aromatic carbocycles. The van der Waals surface area contributed by atoms with Crippen molar-refractivity contribution in [2.75, 3.05) is 7.11 Å². The van der Waals surface area contributed by atoms with Crippen molar-refractivity contribution < 1.29 is 9.26 Å². The normalized spacial score (nSPS) is 11.2. The minimum Gasteiger partial charge on any atom is -0.497 e. The first-order valence-corrected chi connectivity index (χ1v) is 11.7. The molecule has 0 bridgehead atoms. The summed E-state index contributed by atoms with van der Waals surface area (Å²) in [5, 5.41) is 7.30. The van der Waals surface area contributed by atoms with E-state index in [1.54, 1.807) is 23.0 Å². The lowest BCUT2D eigenvalue weighted by molar-refractivity contribution is 0.391. The van der Waals surface area contributed by atoms with Gasteiger partial charge in [-0.05, 0) is 47.8 Å². The van der Waals surface area contributed by atoms with E-state index in [2.05, 4.69) is 10.1 Å². The predicted molar refractivity (Wildman–Crippen MR) is 125 cm³/mol. The number of hydrogen-bond donors (Lipinski definition) is 0. The molecule has 7 nitrogen and oxygen atoms in total. The van der Waals surface area contributed by atoms with Crippen LogP contribution in [-0.4, -0.2) is 26.8 Å². The number of methoxy groups -OCH3 is 1. The Labute approximate surface area is 191 Å². The summed E-state index contributed by atoms with van der Waals surface area (Å²) in [6.07, 6.45) is 0. The molecule has 0 N–H and O–H groups in total. The Morgan fingerprint density at radius 3 is 2.69 bits per heavy atom. The highest BCUT2D eigenvalue weighted by Crippen LogP contribution is 2.25. The Morgan fingerprint density at radius 2 is 1.91 bits per heavy atom. The summed E-state index contributed by atoms with van der Waals surface area (Å²) in [6, 6.07) is 18.8. The van der Waals surface area contributed by atoms with Crippen LogP contribution in [0.3, 0.4) is 0 Å². The molecular formula is C23H18N4O3S2. The molecule has 5 aromatic rings. The highest BCUT2D eigenvalue weighted by atomic mass is 32.2. The van der Waals surface area contributed by atoms with Crippen LogP contribution in [0.2, 0.25) is 0 Å². The van der Waals surface area contributed by atoms with Gasteiger partial charge < -0.3 is 9.26 Å². The molecule has 3 heterocycles. The molecule has 0 amide bonds. The molecule has 0 saturated heterocycles. The number of hydrogen-bond acceptors (Lipinski definition) is 8. The first-order chi connectivity index (χ1) is 15.7. The molecule has 0 saturated carbocycles. The Hall–Kier alpha value is -3.43. The minimum absolute atomic E-state index is 0.0593. The van der Waals surface area contributed by atoms with E-state index in [0.29, 0.717) is 40.1 Å². The Balaban J connectivity index is 1.42. The van der Waals surface area contributed by atoms with Crippen molar-refractivity contribution >= 4 is 34.0 Å². The molecular weight excluding hydrogens is 444 g/mol. The third kappa shape index (κ3) is 4.17. The van der Waals surface area contributed by atoms with E-state index in [0.717, 1.165) is 16.2 Å². The maximum absolute atomic E-state index is 13.2. The Morgan fingerprint density at radius 1 is 1.06 bits per heavy atom. The second-order valence-corrected chi connectivity index (χ2v) is 8.89. The lowest BCUT2D eigenvalue weighted by Crippen LogP contribution is -2.23. The second-order valence-electron chi connectivity index (χ2n) is 6.91. The summed E-state index contributed by atoms with van der Waals surface area (Å²) < 4.78 is 12.3. The third-order valence-corrected chi connectivity index (χ3v) is 6.68. The number of fused-ring (bicyclic) bond motifs is 1. The number of rotatable bonds is 7. The zero-order valence-corrected chi connectivity index (χ0v) is 18.7. The first-order valence-electron chi connectivity index (χ1n) is 9.83. The average molecular weight is 463 g/mol. The summed E-state index contributed by atoms with van der Waals surface area (Å²) in [6.45, 7) is 0.470. The summed E-state index contributed by atoms with van der Waals surface area (Å²) in [4.78, 5) is 23.5. The van der Waals surface area contributed by atoms with Gasteiger partial charge in [0.1, 0.15) is 5.75 Å². The Kier molecular flexibility index (Phi) is 5.74. The van der Waals surface area contributed by atoms with Gasteiger partial charge in [0, 0.05) is 10.4 Å². The molecule has 3 aromatic heterocycles. The molecule has 0 fully saturated rings. The van der Waals surface area contributed by atoms with Crippen molar-refractivity contribution in [1.29, 1.82) is 0 Å². The van der Waals surface area contributed by atoms with Crippen LogP contribution in [0.4, 0.5) is 0 Å². The van der Waals surface area contributed by atoms with Crippen LogP contribution in [0.15, 0.2) is 80.5 Å². The summed E-state index contributed by atoms with van der Waals surface area (Å²) in [5.41, 5.74) is 1.45. The van der Waals surface area contributed by atoms with Crippen LogP contribution in [0, 0.1) is 0 Å². The maximum Gasteiger partial charge on any atom is 0.262 e. The van der Waals surface area contributed by atoms with Gasteiger partial charge in [-0.25, -0.2) is 4.98 Å². The molecule has 160 valence electrons. The summed E-state index contributed by atoms with van der Waals surface area (Å²) >= 11 is 3.02. The standard InChI is InChI=1S/C23H18N4O3S2/c1-29-16-10-8-15(9-11-16)21-25-20(30-26-21)14-32-23-24-19-7-3-2-6-18(19)22(28)27(23)13-17-5-4-12-31-17/h2-12H,13-14H2,1H3. The van der Waals surface area contributed by atoms with Crippen LogP contribution in [0.5, 0.6) is 5.75 Å². The first kappa shape index (κ1) is 20.5. The quantitative estimate of drug-likeness (QED) is 0.252. The van der Waals surface area contributed by atoms with E-state index in [1.807, 2.05) is 66.0 Å². The van der Waals surface area contributed by atoms with Crippen molar-refractivity contribution in [3.8, 4) is 17.1 Å². The average Bonchev–Trinajstić information content (AvgIpc) is 3.52. The molecule has 0 spiro atoms. The van der Waals surface area contributed by atoms with Crippen molar-refractivity contribution in [3.63, 3.8) is 0 Å². The Bertz CT molecular complexity index is 1410. The molecule has 0 unspecified atom stereocenters. The second kappa shape index (κ2) is 8.97. The number of benzene rings is 2. The van der Waals surface area contributed by atoms with Gasteiger partial charge in [-0.2, -0.15) is 4.98 Å². The van der Waals surface area contributed by atoms with Gasteiger partial charge >= 0.3 is 0 Å². The molecule has 0 radical (unpaired) electrons. The maximum atomic E-state index is 13.2. The fourth-order valence-electron chi connectivity index (χ4n) is 3.25. The highest BCUT2D eigenvalue weighted by Gasteiger charge is 2.15. The van der Waals surface area contributed by atoms with E-state index in [1.165, 1.54) is 11.8 Å². The zero-order valence-electron chi connectivity index (χ0n) is 17.1. The fraction of sp³-hybridized carbons (Fsp3) is 0.130. The molecule has 32 heavy (non-hydrogen) atoms. The molecule has 0 atom stereocenters. The zero-order chi connectivity index (χ0) is 21.9. The number of thiophene rings is 1. The SMILES string of the molecule is COc1ccc(-c2noc(CSc3nc4ccccc4c(=O)n3Cc3cccs3)n2)cc1. The smallest absolute Gasteiger partial charge is 0.262 e. The van der Waals surface area contributed by atoms with Gasteiger partial charge in [-0.1, -0.05) is 35.1 Å². The van der Waals surface area contributed by atoms with Gasteiger partial charge in [0.2, 0.25) is 11.7 Å². The van der Waals surface area contributed by atoms with E-state index in [4.69, 9.17) is 14.2 Å². The van der Waals surface area contributed by atoms with Crippen LogP contribution in [0.1, 0.15) is 10.8 Å². The lowest BCUT2D eigenvalue weighted by Gasteiger charge is -2.11. The number of thioether (sulfide) groups is 1. The van der Waals surface area contributed by atoms with Crippen molar-refractivity contribution in [2.45, 2.75) is 17.5 Å². The van der Waals surface area contributed by atoms with Gasteiger partial charge in [0.25, 0.3) is 5.56 Å². The number of aromatic nitrogens is 4. The number of ether oxygens (including phenoxy) is 1. The molecule has 9 heteroatoms. The van der Waals surface area contributed by atoms with Crippen molar-refractivity contribution in [1.82, 2.24) is 19.7 Å². The number of para-hydroxylation sites is 1. The number of nitrogens with zero attached hydrogens (tertiary/aromatic N) is 4. The van der Waals surface area contributed by atoms with E-state index in [-0.39, 0.29) is 5.56 Å². The summed E-state index contributed by atoms with van der Waals surface area (Å²) in [5.74, 6) is 2.13. The molecule has 0 aliphatic rings. The third-order valence-electron chi connectivity index (χ3n) is 4.86. The lowest BCUT2D eigenvalue weighted by atomic mass is 10.2. The fourth-order valence-corrected chi connectivity index (χ4v) is 4.78. The van der Waals surface area contributed by atoms with Crippen LogP contribution >= 0.6 is 23.1 Å². The molecule has 5 rings (SSSR count). The van der Waals surface area contributed by atoms with Gasteiger partial charge in [0.05, 0.1) is 30.3 Å². The molecule has 0 aliphatic carbocycles. The van der Waals surface area contributed by atoms with Gasteiger partial charge in [-0.15, -0.1) is 11.3 Å². The van der Waals surface area contributed by atoms with Crippen molar-refractivity contribution in [2.24, 2.45) is 0 Å². The van der Waals surface area contributed by atoms with Gasteiger partial charge in [0.15, 0.2) is 5.16 Å². The van der Waals surface area contributed by atoms with Crippen molar-refractivity contribution in [3.05, 3.63) is 87.2 Å². The van der Waals surface area contributed by atoms with Crippen LogP contribution in [-0.2, 0) is 12.3 Å². The van der Waals surface area contributed by atoms with Crippen LogP contribution in [0.25, 0.3) is 22.3 Å². The van der Waals surface area contributed by atoms with E-state index < -0.39 is 0 Å².